The second-order valence-corrected chi connectivity index (χ2v) is 8.31. The maximum atomic E-state index is 12.8. The number of carboxylic acid groups (broad SMARTS) is 1. The first-order valence-electron chi connectivity index (χ1n) is 10.1. The lowest BCUT2D eigenvalue weighted by molar-refractivity contribution is -0.274. The maximum absolute atomic E-state index is 12.8. The van der Waals surface area contributed by atoms with E-state index in [1.54, 1.807) is 0 Å². The van der Waals surface area contributed by atoms with Gasteiger partial charge in [0.05, 0.1) is 13.2 Å². The second-order valence-electron chi connectivity index (χ2n) is 8.31. The predicted molar refractivity (Wildman–Crippen MR) is 98.4 cm³/mol. The molecule has 3 aliphatic rings. The topological polar surface area (TPSA) is 68.3 Å². The van der Waals surface area contributed by atoms with E-state index in [1.165, 1.54) is 17.0 Å². The van der Waals surface area contributed by atoms with E-state index in [0.717, 1.165) is 37.3 Å². The van der Waals surface area contributed by atoms with Gasteiger partial charge in [-0.05, 0) is 35.1 Å². The Balaban J connectivity index is 1.44. The number of likely N-dealkylation sites (tertiary alicyclic amines) is 2. The van der Waals surface area contributed by atoms with E-state index in [1.807, 2.05) is 6.07 Å². The number of morpholine rings is 1. The van der Waals surface area contributed by atoms with Crippen LogP contribution in [0.2, 0.25) is 0 Å². The number of halogens is 3. The molecule has 2 atom stereocenters. The zero-order valence-electron chi connectivity index (χ0n) is 16.6. The minimum absolute atomic E-state index is 0.203. The van der Waals surface area contributed by atoms with Gasteiger partial charge < -0.3 is 24.3 Å². The average molecular weight is 428 g/mol. The van der Waals surface area contributed by atoms with E-state index in [2.05, 4.69) is 14.5 Å². The van der Waals surface area contributed by atoms with Crippen molar-refractivity contribution in [3.8, 4) is 5.75 Å². The highest BCUT2D eigenvalue weighted by Crippen LogP contribution is 2.33. The third-order valence-corrected chi connectivity index (χ3v) is 6.00. The molecular weight excluding hydrogens is 403 g/mol. The fourth-order valence-corrected chi connectivity index (χ4v) is 4.75. The Labute approximate surface area is 172 Å². The molecule has 3 aliphatic heterocycles. The van der Waals surface area contributed by atoms with Gasteiger partial charge in [0.25, 0.3) is 0 Å². The summed E-state index contributed by atoms with van der Waals surface area (Å²) in [6.07, 6.45) is -5.88. The number of carbonyl (C=O) groups excluding carboxylic acids is 1. The van der Waals surface area contributed by atoms with E-state index < -0.39 is 12.5 Å². The lowest BCUT2D eigenvalue weighted by Gasteiger charge is -2.27. The number of ether oxygens (including phenoxy) is 2. The number of nitrogens with zero attached hydrogens (tertiary/aromatic N) is 3. The van der Waals surface area contributed by atoms with Crippen LogP contribution in [0.4, 0.5) is 18.0 Å². The van der Waals surface area contributed by atoms with Crippen LogP contribution >= 0.6 is 0 Å². The van der Waals surface area contributed by atoms with Crippen molar-refractivity contribution in [2.24, 2.45) is 11.8 Å². The number of hydrogen-bond acceptors (Lipinski definition) is 6. The third-order valence-electron chi connectivity index (χ3n) is 6.00. The van der Waals surface area contributed by atoms with Crippen LogP contribution in [0.25, 0.3) is 0 Å². The summed E-state index contributed by atoms with van der Waals surface area (Å²) in [5.74, 6) is 0.279. The van der Waals surface area contributed by atoms with Gasteiger partial charge in [-0.2, -0.15) is 0 Å². The minimum atomic E-state index is -4.74. The Hall–Kier alpha value is -2.04. The average Bonchev–Trinajstić information content (AvgIpc) is 3.19. The molecule has 1 aromatic carbocycles. The molecule has 4 rings (SSSR count). The molecule has 10 heteroatoms. The number of alkyl halides is 3. The lowest BCUT2D eigenvalue weighted by Crippen LogP contribution is -2.41. The first-order valence-corrected chi connectivity index (χ1v) is 10.1. The Bertz CT molecular complexity index is 756. The van der Waals surface area contributed by atoms with Crippen LogP contribution in [0.3, 0.4) is 0 Å². The molecule has 0 N–H and O–H groups in total. The lowest BCUT2D eigenvalue weighted by atomic mass is 10.0. The Kier molecular flexibility index (Phi) is 6.08. The van der Waals surface area contributed by atoms with Gasteiger partial charge in [-0.15, -0.1) is 13.2 Å². The molecule has 166 valence electrons. The fourth-order valence-electron chi connectivity index (χ4n) is 4.75. The normalized spacial score (nSPS) is 25.5. The van der Waals surface area contributed by atoms with Gasteiger partial charge in [-0.3, -0.25) is 9.80 Å². The molecule has 0 aliphatic carbocycles. The molecule has 0 bridgehead atoms. The monoisotopic (exact) mass is 428 g/mol. The molecule has 0 spiro atoms. The van der Waals surface area contributed by atoms with Crippen LogP contribution in [0.15, 0.2) is 18.2 Å². The Morgan fingerprint density at radius 2 is 1.57 bits per heavy atom. The summed E-state index contributed by atoms with van der Waals surface area (Å²) in [6, 6.07) is 4.82. The molecule has 3 saturated heterocycles. The highest BCUT2D eigenvalue weighted by Gasteiger charge is 2.40. The van der Waals surface area contributed by atoms with Crippen LogP contribution in [-0.2, 0) is 17.8 Å². The van der Waals surface area contributed by atoms with E-state index in [-0.39, 0.29) is 17.6 Å². The number of fused-ring (bicyclic) bond motifs is 1. The predicted octanol–water partition coefficient (Wildman–Crippen LogP) is 1.12. The van der Waals surface area contributed by atoms with Crippen molar-refractivity contribution in [3.63, 3.8) is 0 Å². The van der Waals surface area contributed by atoms with E-state index in [4.69, 9.17) is 4.74 Å². The van der Waals surface area contributed by atoms with E-state index >= 15 is 0 Å². The van der Waals surface area contributed by atoms with Gasteiger partial charge in [-0.1, -0.05) is 6.07 Å². The quantitative estimate of drug-likeness (QED) is 0.701. The summed E-state index contributed by atoms with van der Waals surface area (Å²) in [6.45, 7) is 6.12. The van der Waals surface area contributed by atoms with Gasteiger partial charge in [0.2, 0.25) is 0 Å². The molecule has 3 fully saturated rings. The van der Waals surface area contributed by atoms with Crippen LogP contribution < -0.4 is 9.84 Å². The van der Waals surface area contributed by atoms with Crippen LogP contribution in [0.1, 0.15) is 11.1 Å². The fraction of sp³-hybridized carbons (Fsp3) is 0.650. The van der Waals surface area contributed by atoms with Crippen molar-refractivity contribution in [3.05, 3.63) is 29.3 Å². The summed E-state index contributed by atoms with van der Waals surface area (Å²) in [4.78, 5) is 16.7. The molecule has 0 radical (unpaired) electrons. The molecule has 1 amide bonds. The summed E-state index contributed by atoms with van der Waals surface area (Å²) < 4.78 is 48.0. The molecule has 7 nitrogen and oxygen atoms in total. The van der Waals surface area contributed by atoms with E-state index in [9.17, 15) is 23.1 Å². The van der Waals surface area contributed by atoms with Gasteiger partial charge in [0.15, 0.2) is 0 Å². The van der Waals surface area contributed by atoms with Gasteiger partial charge >= 0.3 is 6.36 Å². The van der Waals surface area contributed by atoms with Gasteiger partial charge in [0, 0.05) is 52.4 Å². The number of rotatable bonds is 5. The third kappa shape index (κ3) is 5.35. The summed E-state index contributed by atoms with van der Waals surface area (Å²) in [5, 5.41) is 11.0. The number of carbonyl (C=O) groups is 1. The molecule has 0 aromatic heterocycles. The van der Waals surface area contributed by atoms with Crippen molar-refractivity contribution < 1.29 is 32.5 Å². The largest absolute Gasteiger partial charge is 0.573 e. The zero-order valence-corrected chi connectivity index (χ0v) is 16.6. The molecule has 0 saturated carbocycles. The SMILES string of the molecule is O=C([O-])N1CC2CN(Cc3cc(CN4CCOCC4)cc(OC(F)(F)F)c3)CC2C1. The first kappa shape index (κ1) is 21.2. The molecule has 30 heavy (non-hydrogen) atoms. The number of hydrogen-bond donors (Lipinski definition) is 0. The smallest absolute Gasteiger partial charge is 0.530 e. The van der Waals surface area contributed by atoms with Gasteiger partial charge in [-0.25, -0.2) is 0 Å². The maximum Gasteiger partial charge on any atom is 0.573 e. The Morgan fingerprint density at radius 3 is 2.10 bits per heavy atom. The molecule has 3 heterocycles. The molecule has 1 aromatic rings. The zero-order chi connectivity index (χ0) is 21.3. The number of amides is 1. The second kappa shape index (κ2) is 8.60. The summed E-state index contributed by atoms with van der Waals surface area (Å²) >= 11 is 0. The standard InChI is InChI=1S/C20H26F3N3O4/c21-20(22,23)30-18-6-14(8-24-1-3-29-4-2-24)5-15(7-18)9-25-10-16-12-26(19(27)28)13-17(16)11-25/h5-7,16-17H,1-4,8-13H2,(H,27,28)/p-1. The van der Waals surface area contributed by atoms with Crippen LogP contribution in [-0.4, -0.2) is 79.6 Å². The van der Waals surface area contributed by atoms with Crippen molar-refractivity contribution in [1.82, 2.24) is 14.7 Å². The van der Waals surface area contributed by atoms with Crippen LogP contribution in [0.5, 0.6) is 5.75 Å². The summed E-state index contributed by atoms with van der Waals surface area (Å²) in [5.41, 5.74) is 1.54. The molecular formula is C20H25F3N3O4-. The van der Waals surface area contributed by atoms with Crippen LogP contribution in [0, 0.1) is 11.8 Å². The van der Waals surface area contributed by atoms with E-state index in [0.29, 0.717) is 39.4 Å². The van der Waals surface area contributed by atoms with Crippen molar-refractivity contribution in [1.29, 1.82) is 0 Å². The minimum Gasteiger partial charge on any atom is -0.530 e. The van der Waals surface area contributed by atoms with Gasteiger partial charge in [0.1, 0.15) is 11.8 Å². The molecule has 2 unspecified atom stereocenters. The number of benzene rings is 1. The highest BCUT2D eigenvalue weighted by molar-refractivity contribution is 5.63. The van der Waals surface area contributed by atoms with Crippen molar-refractivity contribution in [2.75, 3.05) is 52.5 Å². The first-order chi connectivity index (χ1) is 14.2. The van der Waals surface area contributed by atoms with Crippen molar-refractivity contribution in [2.45, 2.75) is 19.5 Å². The Morgan fingerprint density at radius 1 is 1.00 bits per heavy atom. The van der Waals surface area contributed by atoms with Crippen molar-refractivity contribution >= 4 is 6.09 Å². The highest BCUT2D eigenvalue weighted by atomic mass is 19.4. The summed E-state index contributed by atoms with van der Waals surface area (Å²) in [7, 11) is 0.